The van der Waals surface area contributed by atoms with E-state index in [9.17, 15) is 12.8 Å². The topological polar surface area (TPSA) is 71.1 Å². The van der Waals surface area contributed by atoms with E-state index >= 15 is 0 Å². The van der Waals surface area contributed by atoms with Crippen molar-refractivity contribution >= 4 is 32.9 Å². The first-order valence-corrected chi connectivity index (χ1v) is 10.3. The molecular formula is C18H18FN3O2S2. The zero-order valence-electron chi connectivity index (χ0n) is 14.1. The Labute approximate surface area is 156 Å². The normalized spacial score (nSPS) is 11.3. The zero-order chi connectivity index (χ0) is 18.6. The van der Waals surface area contributed by atoms with Crippen LogP contribution in [0, 0.1) is 5.82 Å². The van der Waals surface area contributed by atoms with E-state index in [4.69, 9.17) is 0 Å². The molecule has 0 bridgehead atoms. The molecule has 0 fully saturated rings. The zero-order valence-corrected chi connectivity index (χ0v) is 15.7. The fourth-order valence-corrected chi connectivity index (χ4v) is 4.55. The summed E-state index contributed by atoms with van der Waals surface area (Å²) >= 11 is 1.25. The number of thiophene rings is 1. The van der Waals surface area contributed by atoms with Crippen molar-refractivity contribution in [3.63, 3.8) is 0 Å². The lowest BCUT2D eigenvalue weighted by atomic mass is 10.2. The lowest BCUT2D eigenvalue weighted by molar-refractivity contribution is 0.603. The van der Waals surface area contributed by atoms with Crippen molar-refractivity contribution < 1.29 is 12.8 Å². The molecule has 0 amide bonds. The molecule has 0 atom stereocenters. The fraction of sp³-hybridized carbons (Fsp3) is 0.167. The molecule has 2 aromatic heterocycles. The molecule has 5 nitrogen and oxygen atoms in total. The van der Waals surface area contributed by atoms with E-state index in [1.54, 1.807) is 36.5 Å². The monoisotopic (exact) mass is 391 g/mol. The van der Waals surface area contributed by atoms with E-state index < -0.39 is 10.0 Å². The molecule has 0 spiro atoms. The first-order chi connectivity index (χ1) is 12.5. The van der Waals surface area contributed by atoms with E-state index in [1.807, 2.05) is 13.0 Å². The lowest BCUT2D eigenvalue weighted by Crippen LogP contribution is -2.12. The summed E-state index contributed by atoms with van der Waals surface area (Å²) in [6.07, 6.45) is 2.35. The number of benzene rings is 1. The number of hydrogen-bond acceptors (Lipinski definition) is 5. The van der Waals surface area contributed by atoms with Crippen LogP contribution in [0.15, 0.2) is 58.9 Å². The van der Waals surface area contributed by atoms with Crippen LogP contribution < -0.4 is 10.0 Å². The molecule has 3 aromatic rings. The van der Waals surface area contributed by atoms with Crippen LogP contribution in [0.25, 0.3) is 0 Å². The van der Waals surface area contributed by atoms with Gasteiger partial charge >= 0.3 is 0 Å². The second-order valence-electron chi connectivity index (χ2n) is 5.59. The number of halogens is 1. The maximum Gasteiger partial charge on any atom is 0.272 e. The Hall–Kier alpha value is -2.45. The average molecular weight is 391 g/mol. The molecule has 0 aliphatic rings. The number of aromatic nitrogens is 1. The van der Waals surface area contributed by atoms with E-state index in [0.717, 1.165) is 22.5 Å². The third kappa shape index (κ3) is 4.59. The number of sulfonamides is 1. The maximum atomic E-state index is 12.9. The van der Waals surface area contributed by atoms with Gasteiger partial charge in [-0.3, -0.25) is 4.72 Å². The number of hydrogen-bond donors (Lipinski definition) is 2. The Morgan fingerprint density at radius 3 is 2.46 bits per heavy atom. The van der Waals surface area contributed by atoms with Gasteiger partial charge in [-0.25, -0.2) is 17.8 Å². The Kier molecular flexibility index (Phi) is 5.53. The molecule has 0 unspecified atom stereocenters. The van der Waals surface area contributed by atoms with Gasteiger partial charge in [0.05, 0.1) is 11.9 Å². The maximum absolute atomic E-state index is 12.9. The first kappa shape index (κ1) is 18.3. The summed E-state index contributed by atoms with van der Waals surface area (Å²) < 4.78 is 40.4. The van der Waals surface area contributed by atoms with Gasteiger partial charge in [-0.05, 0) is 48.4 Å². The summed E-state index contributed by atoms with van der Waals surface area (Å²) in [7, 11) is -3.62. The highest BCUT2D eigenvalue weighted by molar-refractivity contribution is 7.94. The highest BCUT2D eigenvalue weighted by Crippen LogP contribution is 2.24. The smallest absolute Gasteiger partial charge is 0.272 e. The second kappa shape index (κ2) is 7.84. The molecule has 0 saturated carbocycles. The summed E-state index contributed by atoms with van der Waals surface area (Å²) in [4.78, 5) is 5.15. The molecule has 0 aliphatic carbocycles. The van der Waals surface area contributed by atoms with Crippen molar-refractivity contribution in [3.8, 4) is 0 Å². The molecule has 0 aliphatic heterocycles. The van der Waals surface area contributed by atoms with Crippen LogP contribution in [0.3, 0.4) is 0 Å². The molecule has 3 rings (SSSR count). The SMILES string of the molecule is CCc1ccc(S(=O)(=O)Nc2ccc(NCc3ccc(F)cc3)cn2)s1. The van der Waals surface area contributed by atoms with Crippen LogP contribution in [0.2, 0.25) is 0 Å². The molecule has 0 radical (unpaired) electrons. The second-order valence-corrected chi connectivity index (χ2v) is 8.67. The number of nitrogens with one attached hydrogen (secondary N) is 2. The van der Waals surface area contributed by atoms with Crippen LogP contribution in [-0.4, -0.2) is 13.4 Å². The largest absolute Gasteiger partial charge is 0.380 e. The highest BCUT2D eigenvalue weighted by Gasteiger charge is 2.17. The van der Waals surface area contributed by atoms with Gasteiger partial charge < -0.3 is 5.32 Å². The summed E-state index contributed by atoms with van der Waals surface area (Å²) in [5.74, 6) is -0.0207. The third-order valence-corrected chi connectivity index (χ3v) is 6.74. The summed E-state index contributed by atoms with van der Waals surface area (Å²) in [5, 5.41) is 3.15. The Morgan fingerprint density at radius 1 is 1.08 bits per heavy atom. The van der Waals surface area contributed by atoms with Gasteiger partial charge in [-0.1, -0.05) is 19.1 Å². The number of rotatable bonds is 7. The van der Waals surface area contributed by atoms with Crippen molar-refractivity contribution in [1.82, 2.24) is 4.98 Å². The van der Waals surface area contributed by atoms with Gasteiger partial charge in [0.2, 0.25) is 0 Å². The van der Waals surface area contributed by atoms with Gasteiger partial charge in [0.15, 0.2) is 0 Å². The van der Waals surface area contributed by atoms with Crippen molar-refractivity contribution in [2.24, 2.45) is 0 Å². The van der Waals surface area contributed by atoms with E-state index in [-0.39, 0.29) is 15.8 Å². The molecule has 1 aromatic carbocycles. The van der Waals surface area contributed by atoms with Gasteiger partial charge in [-0.2, -0.15) is 0 Å². The molecule has 0 saturated heterocycles. The minimum atomic E-state index is -3.62. The summed E-state index contributed by atoms with van der Waals surface area (Å²) in [6.45, 7) is 2.50. The molecule has 8 heteroatoms. The van der Waals surface area contributed by atoms with Gasteiger partial charge in [0, 0.05) is 11.4 Å². The minimum absolute atomic E-state index is 0.254. The molecule has 26 heavy (non-hydrogen) atoms. The van der Waals surface area contributed by atoms with Crippen molar-refractivity contribution in [2.75, 3.05) is 10.0 Å². The van der Waals surface area contributed by atoms with Crippen LogP contribution in [0.1, 0.15) is 17.4 Å². The quantitative estimate of drug-likeness (QED) is 0.631. The van der Waals surface area contributed by atoms with Crippen LogP contribution in [0.4, 0.5) is 15.9 Å². The van der Waals surface area contributed by atoms with Crippen molar-refractivity contribution in [3.05, 3.63) is 71.0 Å². The number of pyridine rings is 1. The molecule has 136 valence electrons. The van der Waals surface area contributed by atoms with Crippen LogP contribution in [0.5, 0.6) is 0 Å². The predicted octanol–water partition coefficient (Wildman–Crippen LogP) is 4.26. The minimum Gasteiger partial charge on any atom is -0.380 e. The van der Waals surface area contributed by atoms with Gasteiger partial charge in [0.25, 0.3) is 10.0 Å². The predicted molar refractivity (Wildman–Crippen MR) is 102 cm³/mol. The van der Waals surface area contributed by atoms with Gasteiger partial charge in [0.1, 0.15) is 15.8 Å². The molecular weight excluding hydrogens is 373 g/mol. The Morgan fingerprint density at radius 2 is 1.85 bits per heavy atom. The Balaban J connectivity index is 1.62. The fourth-order valence-electron chi connectivity index (χ4n) is 2.25. The van der Waals surface area contributed by atoms with Crippen LogP contribution >= 0.6 is 11.3 Å². The van der Waals surface area contributed by atoms with E-state index in [1.165, 1.54) is 23.5 Å². The van der Waals surface area contributed by atoms with Crippen molar-refractivity contribution in [1.29, 1.82) is 0 Å². The first-order valence-electron chi connectivity index (χ1n) is 8.02. The Bertz CT molecular complexity index is 968. The highest BCUT2D eigenvalue weighted by atomic mass is 32.2. The van der Waals surface area contributed by atoms with Gasteiger partial charge in [-0.15, -0.1) is 11.3 Å². The number of anilines is 2. The van der Waals surface area contributed by atoms with E-state index in [2.05, 4.69) is 15.0 Å². The van der Waals surface area contributed by atoms with Crippen molar-refractivity contribution in [2.45, 2.75) is 24.1 Å². The third-order valence-electron chi connectivity index (χ3n) is 3.66. The summed E-state index contributed by atoms with van der Waals surface area (Å²) in [6, 6.07) is 13.0. The van der Waals surface area contributed by atoms with E-state index in [0.29, 0.717) is 6.54 Å². The average Bonchev–Trinajstić information content (AvgIpc) is 3.12. The summed E-state index contributed by atoms with van der Waals surface area (Å²) in [5.41, 5.74) is 1.67. The molecule has 2 N–H and O–H groups in total. The standard InChI is InChI=1S/C18H18FN3O2S2/c1-2-16-8-10-18(25-16)26(23,24)22-17-9-7-15(12-21-17)20-11-13-3-5-14(19)6-4-13/h3-10,12,20H,2,11H2,1H3,(H,21,22). The number of nitrogens with zero attached hydrogens (tertiary/aromatic N) is 1. The lowest BCUT2D eigenvalue weighted by Gasteiger charge is -2.08. The van der Waals surface area contributed by atoms with Crippen LogP contribution in [-0.2, 0) is 23.0 Å². The molecule has 2 heterocycles. The number of aryl methyl sites for hydroxylation is 1.